The van der Waals surface area contributed by atoms with Gasteiger partial charge in [0.1, 0.15) is 6.61 Å². The van der Waals surface area contributed by atoms with Gasteiger partial charge in [-0.1, -0.05) is 12.7 Å². The Morgan fingerprint density at radius 3 is 3.21 bits per heavy atom. The summed E-state index contributed by atoms with van der Waals surface area (Å²) in [6.45, 7) is 6.14. The molecule has 1 aliphatic rings. The van der Waals surface area contributed by atoms with Gasteiger partial charge in [-0.25, -0.2) is 4.79 Å². The Bertz CT molecular complexity index is 207. The number of hydrogen-bond acceptors (Lipinski definition) is 5. The maximum atomic E-state index is 11.3. The van der Waals surface area contributed by atoms with Crippen LogP contribution in [0.15, 0.2) is 12.7 Å². The van der Waals surface area contributed by atoms with Gasteiger partial charge in [-0.2, -0.15) is 0 Å². The van der Waals surface area contributed by atoms with Gasteiger partial charge in [-0.15, -0.1) is 11.8 Å². The van der Waals surface area contributed by atoms with Crippen molar-refractivity contribution >= 4 is 17.7 Å². The fourth-order valence-electron chi connectivity index (χ4n) is 0.988. The molecule has 0 aromatic carbocycles. The van der Waals surface area contributed by atoms with Crippen molar-refractivity contribution in [2.75, 3.05) is 19.0 Å². The van der Waals surface area contributed by atoms with Crippen LogP contribution in [0.5, 0.6) is 0 Å². The zero-order valence-electron chi connectivity index (χ0n) is 8.10. The number of ether oxygens (including phenoxy) is 3. The van der Waals surface area contributed by atoms with Crippen LogP contribution in [-0.2, 0) is 19.0 Å². The molecule has 2 atom stereocenters. The lowest BCUT2D eigenvalue weighted by Gasteiger charge is -2.10. The van der Waals surface area contributed by atoms with Gasteiger partial charge < -0.3 is 14.2 Å². The minimum atomic E-state index is -0.550. The Hall–Kier alpha value is -0.520. The summed E-state index contributed by atoms with van der Waals surface area (Å²) in [5.74, 6) is 0.305. The van der Waals surface area contributed by atoms with E-state index >= 15 is 0 Å². The molecule has 1 rings (SSSR count). The highest BCUT2D eigenvalue weighted by molar-refractivity contribution is 8.00. The number of rotatable bonds is 5. The van der Waals surface area contributed by atoms with Gasteiger partial charge in [0.2, 0.25) is 5.44 Å². The molecule has 0 aromatic heterocycles. The van der Waals surface area contributed by atoms with Gasteiger partial charge in [0.15, 0.2) is 6.29 Å². The Morgan fingerprint density at radius 1 is 1.79 bits per heavy atom. The van der Waals surface area contributed by atoms with E-state index in [1.807, 2.05) is 6.92 Å². The predicted molar refractivity (Wildman–Crippen MR) is 53.9 cm³/mol. The lowest BCUT2D eigenvalue weighted by molar-refractivity contribution is -0.166. The van der Waals surface area contributed by atoms with Crippen LogP contribution >= 0.6 is 11.8 Å². The second-order valence-electron chi connectivity index (χ2n) is 2.60. The minimum absolute atomic E-state index is 0.221. The van der Waals surface area contributed by atoms with Gasteiger partial charge in [0, 0.05) is 12.4 Å². The summed E-state index contributed by atoms with van der Waals surface area (Å²) < 4.78 is 15.4. The minimum Gasteiger partial charge on any atom is -0.459 e. The molecule has 0 aromatic rings. The highest BCUT2D eigenvalue weighted by Crippen LogP contribution is 2.26. The maximum absolute atomic E-state index is 11.3. The van der Waals surface area contributed by atoms with Crippen molar-refractivity contribution in [2.24, 2.45) is 0 Å². The molecule has 0 N–H and O–H groups in total. The van der Waals surface area contributed by atoms with Crippen LogP contribution in [0.3, 0.4) is 0 Å². The first kappa shape index (κ1) is 11.6. The molecule has 0 aliphatic carbocycles. The molecule has 1 heterocycles. The van der Waals surface area contributed by atoms with Crippen molar-refractivity contribution in [1.29, 1.82) is 0 Å². The molecule has 5 heteroatoms. The van der Waals surface area contributed by atoms with Crippen LogP contribution in [0.4, 0.5) is 0 Å². The molecule has 1 aliphatic heterocycles. The molecule has 4 nitrogen and oxygen atoms in total. The van der Waals surface area contributed by atoms with E-state index in [1.54, 1.807) is 0 Å². The summed E-state index contributed by atoms with van der Waals surface area (Å²) in [5.41, 5.74) is -0.550. The quantitative estimate of drug-likeness (QED) is 0.512. The Balaban J connectivity index is 2.26. The number of thioether (sulfide) groups is 1. The molecule has 1 saturated heterocycles. The number of hydrogen-bond donors (Lipinski definition) is 0. The monoisotopic (exact) mass is 218 g/mol. The van der Waals surface area contributed by atoms with E-state index in [1.165, 1.54) is 17.8 Å². The zero-order valence-corrected chi connectivity index (χ0v) is 8.92. The second kappa shape index (κ2) is 6.06. The topological polar surface area (TPSA) is 44.8 Å². The summed E-state index contributed by atoms with van der Waals surface area (Å²) in [4.78, 5) is 11.3. The van der Waals surface area contributed by atoms with E-state index in [-0.39, 0.29) is 18.9 Å². The smallest absolute Gasteiger partial charge is 0.346 e. The molecule has 0 saturated carbocycles. The van der Waals surface area contributed by atoms with E-state index in [9.17, 15) is 4.79 Å². The van der Waals surface area contributed by atoms with Crippen molar-refractivity contribution in [3.05, 3.63) is 12.7 Å². The molecule has 14 heavy (non-hydrogen) atoms. The Labute approximate surface area is 87.6 Å². The summed E-state index contributed by atoms with van der Waals surface area (Å²) in [6.07, 6.45) is 1.24. The Kier molecular flexibility index (Phi) is 5.00. The van der Waals surface area contributed by atoms with Crippen LogP contribution in [0, 0.1) is 0 Å². The van der Waals surface area contributed by atoms with Crippen molar-refractivity contribution in [3.8, 4) is 0 Å². The predicted octanol–water partition coefficient (Wildman–Crippen LogP) is 1.17. The molecule has 0 bridgehead atoms. The molecule has 0 radical (unpaired) electrons. The van der Waals surface area contributed by atoms with E-state index in [0.717, 1.165) is 0 Å². The van der Waals surface area contributed by atoms with Crippen molar-refractivity contribution in [1.82, 2.24) is 0 Å². The van der Waals surface area contributed by atoms with Crippen LogP contribution in [0.25, 0.3) is 0 Å². The van der Waals surface area contributed by atoms with Crippen LogP contribution in [0.2, 0.25) is 0 Å². The average Bonchev–Trinajstić information content (AvgIpc) is 2.63. The molecule has 1 fully saturated rings. The fourth-order valence-corrected chi connectivity index (χ4v) is 1.90. The third kappa shape index (κ3) is 3.32. The Morgan fingerprint density at radius 2 is 2.57 bits per heavy atom. The third-order valence-electron chi connectivity index (χ3n) is 1.55. The SMILES string of the molecule is C=CCOC(=O)[C@@H]1O[C@@H](OCC)CS1. The molecule has 0 unspecified atom stereocenters. The lowest BCUT2D eigenvalue weighted by atomic mass is 10.6. The summed E-state index contributed by atoms with van der Waals surface area (Å²) in [7, 11) is 0. The van der Waals surface area contributed by atoms with Gasteiger partial charge >= 0.3 is 5.97 Å². The highest BCUT2D eigenvalue weighted by atomic mass is 32.2. The van der Waals surface area contributed by atoms with E-state index in [4.69, 9.17) is 14.2 Å². The highest BCUT2D eigenvalue weighted by Gasteiger charge is 2.32. The number of carbonyl (C=O) groups excluding carboxylic acids is 1. The van der Waals surface area contributed by atoms with Gasteiger partial charge in [-0.05, 0) is 6.92 Å². The van der Waals surface area contributed by atoms with Crippen LogP contribution in [0.1, 0.15) is 6.92 Å². The second-order valence-corrected chi connectivity index (χ2v) is 3.70. The van der Waals surface area contributed by atoms with Crippen LogP contribution in [-0.4, -0.2) is 36.7 Å². The first-order valence-electron chi connectivity index (χ1n) is 4.44. The van der Waals surface area contributed by atoms with Crippen molar-refractivity contribution in [2.45, 2.75) is 18.6 Å². The maximum Gasteiger partial charge on any atom is 0.346 e. The van der Waals surface area contributed by atoms with Gasteiger partial charge in [-0.3, -0.25) is 0 Å². The largest absolute Gasteiger partial charge is 0.459 e. The summed E-state index contributed by atoms with van der Waals surface area (Å²) in [6, 6.07) is 0. The normalized spacial score (nSPS) is 26.1. The van der Waals surface area contributed by atoms with E-state index < -0.39 is 5.44 Å². The van der Waals surface area contributed by atoms with E-state index in [0.29, 0.717) is 12.4 Å². The van der Waals surface area contributed by atoms with E-state index in [2.05, 4.69) is 6.58 Å². The molecule has 80 valence electrons. The number of esters is 1. The van der Waals surface area contributed by atoms with Gasteiger partial charge in [0.25, 0.3) is 0 Å². The fraction of sp³-hybridized carbons (Fsp3) is 0.667. The standard InChI is InChI=1S/C9H14O4S/c1-3-5-12-8(10)9-13-7(6-14-9)11-4-2/h3,7,9H,1,4-6H2,2H3/t7-,9-/m1/s1. The molecular formula is C9H14O4S. The third-order valence-corrected chi connectivity index (χ3v) is 2.62. The number of carbonyl (C=O) groups is 1. The van der Waals surface area contributed by atoms with Crippen molar-refractivity contribution < 1.29 is 19.0 Å². The first-order valence-corrected chi connectivity index (χ1v) is 5.49. The van der Waals surface area contributed by atoms with Crippen molar-refractivity contribution in [3.63, 3.8) is 0 Å². The average molecular weight is 218 g/mol. The molecular weight excluding hydrogens is 204 g/mol. The van der Waals surface area contributed by atoms with Gasteiger partial charge in [0.05, 0.1) is 0 Å². The van der Waals surface area contributed by atoms with Crippen LogP contribution < -0.4 is 0 Å². The first-order chi connectivity index (χ1) is 6.77. The molecule has 0 spiro atoms. The molecule has 0 amide bonds. The summed E-state index contributed by atoms with van der Waals surface area (Å²) >= 11 is 1.39. The lowest BCUT2D eigenvalue weighted by Crippen LogP contribution is -2.23. The zero-order chi connectivity index (χ0) is 10.4. The summed E-state index contributed by atoms with van der Waals surface area (Å²) in [5, 5.41) is 0.